The predicted molar refractivity (Wildman–Crippen MR) is 82.8 cm³/mol. The van der Waals surface area contributed by atoms with Crippen molar-refractivity contribution in [2.75, 3.05) is 50.7 Å². The molecule has 0 spiro atoms. The first-order valence-electron chi connectivity index (χ1n) is 7.39. The number of morpholine rings is 1. The fraction of sp³-hybridized carbons (Fsp3) is 0.467. The zero-order valence-electron chi connectivity index (χ0n) is 12.8. The first kappa shape index (κ1) is 15.6. The summed E-state index contributed by atoms with van der Waals surface area (Å²) in [5, 5.41) is 5.56. The average molecular weight is 321 g/mol. The van der Waals surface area contributed by atoms with Gasteiger partial charge in [-0.3, -0.25) is 4.79 Å². The summed E-state index contributed by atoms with van der Waals surface area (Å²) < 4.78 is 16.0. The van der Waals surface area contributed by atoms with Gasteiger partial charge in [-0.1, -0.05) is 6.07 Å². The number of carbonyl (C=O) groups excluding carboxylic acids is 2. The van der Waals surface area contributed by atoms with Gasteiger partial charge in [-0.05, 0) is 12.1 Å². The van der Waals surface area contributed by atoms with Crippen LogP contribution in [0.2, 0.25) is 0 Å². The minimum Gasteiger partial charge on any atom is -0.479 e. The number of hydrogen-bond donors (Lipinski definition) is 2. The van der Waals surface area contributed by atoms with E-state index in [2.05, 4.69) is 10.6 Å². The smallest absolute Gasteiger partial charge is 0.322 e. The Balaban J connectivity index is 1.75. The lowest BCUT2D eigenvalue weighted by molar-refractivity contribution is -0.118. The van der Waals surface area contributed by atoms with E-state index < -0.39 is 0 Å². The Morgan fingerprint density at radius 2 is 2.39 bits per heavy atom. The lowest BCUT2D eigenvalue weighted by Crippen LogP contribution is -2.52. The fourth-order valence-electron chi connectivity index (χ4n) is 2.65. The Morgan fingerprint density at radius 3 is 3.22 bits per heavy atom. The number of carbonyl (C=O) groups is 2. The van der Waals surface area contributed by atoms with Gasteiger partial charge in [0.25, 0.3) is 5.91 Å². The number of benzene rings is 1. The number of anilines is 2. The third-order valence-electron chi connectivity index (χ3n) is 3.73. The van der Waals surface area contributed by atoms with Crippen molar-refractivity contribution >= 4 is 23.3 Å². The topological polar surface area (TPSA) is 89.1 Å². The van der Waals surface area contributed by atoms with Crippen LogP contribution < -0.4 is 15.4 Å². The molecule has 2 heterocycles. The number of urea groups is 1. The van der Waals surface area contributed by atoms with Crippen molar-refractivity contribution in [2.24, 2.45) is 0 Å². The summed E-state index contributed by atoms with van der Waals surface area (Å²) in [6, 6.07) is 4.83. The Bertz CT molecular complexity index is 605. The summed E-state index contributed by atoms with van der Waals surface area (Å²) in [6.07, 6.45) is 0. The van der Waals surface area contributed by atoms with Gasteiger partial charge >= 0.3 is 6.03 Å². The second-order valence-corrected chi connectivity index (χ2v) is 5.33. The maximum Gasteiger partial charge on any atom is 0.322 e. The summed E-state index contributed by atoms with van der Waals surface area (Å²) in [6.45, 7) is 1.77. The summed E-state index contributed by atoms with van der Waals surface area (Å²) >= 11 is 0. The molecule has 0 aromatic heterocycles. The van der Waals surface area contributed by atoms with Gasteiger partial charge < -0.3 is 29.7 Å². The molecule has 1 fully saturated rings. The van der Waals surface area contributed by atoms with Crippen molar-refractivity contribution in [3.63, 3.8) is 0 Å². The zero-order chi connectivity index (χ0) is 16.2. The number of methoxy groups -OCH3 is 1. The summed E-state index contributed by atoms with van der Waals surface area (Å²) in [5.74, 6) is 0.256. The minimum absolute atomic E-state index is 0.0657. The molecule has 1 aromatic carbocycles. The van der Waals surface area contributed by atoms with Crippen LogP contribution in [0.4, 0.5) is 16.2 Å². The van der Waals surface area contributed by atoms with Crippen molar-refractivity contribution in [1.29, 1.82) is 0 Å². The van der Waals surface area contributed by atoms with Crippen LogP contribution in [0.25, 0.3) is 0 Å². The lowest BCUT2D eigenvalue weighted by atomic mass is 10.2. The van der Waals surface area contributed by atoms with E-state index in [-0.39, 0.29) is 24.6 Å². The number of hydrogen-bond acceptors (Lipinski definition) is 5. The van der Waals surface area contributed by atoms with Gasteiger partial charge in [0.1, 0.15) is 0 Å². The summed E-state index contributed by atoms with van der Waals surface area (Å²) in [5.41, 5.74) is 1.07. The molecule has 3 amide bonds. The summed E-state index contributed by atoms with van der Waals surface area (Å²) in [7, 11) is 1.59. The minimum atomic E-state index is -0.246. The molecule has 2 aliphatic heterocycles. The molecule has 3 rings (SSSR count). The van der Waals surface area contributed by atoms with Crippen molar-refractivity contribution in [3.05, 3.63) is 18.2 Å². The zero-order valence-corrected chi connectivity index (χ0v) is 12.8. The highest BCUT2D eigenvalue weighted by atomic mass is 16.5. The van der Waals surface area contributed by atoms with Crippen LogP contribution in [-0.4, -0.2) is 63.0 Å². The van der Waals surface area contributed by atoms with E-state index in [4.69, 9.17) is 14.2 Å². The van der Waals surface area contributed by atoms with E-state index in [1.165, 1.54) is 0 Å². The molecule has 1 aromatic rings. The van der Waals surface area contributed by atoms with Crippen molar-refractivity contribution in [3.8, 4) is 5.75 Å². The number of fused-ring (bicyclic) bond motifs is 1. The van der Waals surface area contributed by atoms with Crippen molar-refractivity contribution < 1.29 is 23.8 Å². The molecule has 8 nitrogen and oxygen atoms in total. The average Bonchev–Trinajstić information content (AvgIpc) is 2.55. The molecule has 2 N–H and O–H groups in total. The van der Waals surface area contributed by atoms with E-state index in [9.17, 15) is 9.59 Å². The molecule has 0 saturated carbocycles. The van der Waals surface area contributed by atoms with Crippen LogP contribution in [0, 0.1) is 0 Å². The molecule has 1 saturated heterocycles. The van der Waals surface area contributed by atoms with Crippen LogP contribution >= 0.6 is 0 Å². The Morgan fingerprint density at radius 1 is 1.52 bits per heavy atom. The van der Waals surface area contributed by atoms with E-state index in [1.807, 2.05) is 0 Å². The Hall–Kier alpha value is -2.32. The molecule has 1 atom stereocenters. The van der Waals surface area contributed by atoms with Gasteiger partial charge in [0, 0.05) is 13.7 Å². The van der Waals surface area contributed by atoms with E-state index in [0.717, 1.165) is 0 Å². The molecule has 0 bridgehead atoms. The second-order valence-electron chi connectivity index (χ2n) is 5.33. The molecule has 0 radical (unpaired) electrons. The highest BCUT2D eigenvalue weighted by Gasteiger charge is 2.28. The number of para-hydroxylation sites is 1. The van der Waals surface area contributed by atoms with Gasteiger partial charge in [0.2, 0.25) is 0 Å². The number of nitrogens with one attached hydrogen (secondary N) is 2. The standard InChI is InChI=1S/C15H19N3O5/c1-21-7-10-8-22-6-5-18(10)15(20)17-12-4-2-3-11-14(12)23-9-13(19)16-11/h2-4,10H,5-9H2,1H3,(H,16,19)(H,17,20). The first-order chi connectivity index (χ1) is 11.2. The molecule has 0 aliphatic carbocycles. The lowest BCUT2D eigenvalue weighted by Gasteiger charge is -2.35. The van der Waals surface area contributed by atoms with E-state index >= 15 is 0 Å². The third-order valence-corrected chi connectivity index (χ3v) is 3.73. The van der Waals surface area contributed by atoms with Gasteiger partial charge in [-0.25, -0.2) is 4.79 Å². The molecular weight excluding hydrogens is 302 g/mol. The van der Waals surface area contributed by atoms with Gasteiger partial charge in [-0.15, -0.1) is 0 Å². The fourth-order valence-corrected chi connectivity index (χ4v) is 2.65. The quantitative estimate of drug-likeness (QED) is 0.863. The number of amides is 3. The first-order valence-corrected chi connectivity index (χ1v) is 7.39. The molecule has 8 heteroatoms. The van der Waals surface area contributed by atoms with E-state index in [0.29, 0.717) is 43.5 Å². The van der Waals surface area contributed by atoms with Crippen LogP contribution in [-0.2, 0) is 14.3 Å². The third kappa shape index (κ3) is 3.38. The highest BCUT2D eigenvalue weighted by Crippen LogP contribution is 2.35. The normalized spacial score (nSPS) is 20.3. The van der Waals surface area contributed by atoms with Gasteiger partial charge in [0.05, 0.1) is 37.2 Å². The van der Waals surface area contributed by atoms with E-state index in [1.54, 1.807) is 30.2 Å². The van der Waals surface area contributed by atoms with Crippen molar-refractivity contribution in [1.82, 2.24) is 4.90 Å². The molecule has 124 valence electrons. The maximum absolute atomic E-state index is 12.6. The molecular formula is C15H19N3O5. The second kappa shape index (κ2) is 6.84. The van der Waals surface area contributed by atoms with Crippen molar-refractivity contribution in [2.45, 2.75) is 6.04 Å². The number of rotatable bonds is 3. The van der Waals surface area contributed by atoms with Gasteiger partial charge in [0.15, 0.2) is 12.4 Å². The summed E-state index contributed by atoms with van der Waals surface area (Å²) in [4.78, 5) is 25.6. The van der Waals surface area contributed by atoms with Crippen LogP contribution in [0.3, 0.4) is 0 Å². The largest absolute Gasteiger partial charge is 0.479 e. The Kier molecular flexibility index (Phi) is 4.63. The van der Waals surface area contributed by atoms with Crippen LogP contribution in [0.5, 0.6) is 5.75 Å². The van der Waals surface area contributed by atoms with Gasteiger partial charge in [-0.2, -0.15) is 0 Å². The number of nitrogens with zero attached hydrogens (tertiary/aromatic N) is 1. The highest BCUT2D eigenvalue weighted by molar-refractivity contribution is 5.99. The molecule has 2 aliphatic rings. The van der Waals surface area contributed by atoms with Crippen LogP contribution in [0.1, 0.15) is 0 Å². The Labute approximate surface area is 133 Å². The van der Waals surface area contributed by atoms with Crippen LogP contribution in [0.15, 0.2) is 18.2 Å². The monoisotopic (exact) mass is 321 g/mol. The molecule has 1 unspecified atom stereocenters. The SMILES string of the molecule is COCC1COCCN1C(=O)Nc1cccc2c1OCC(=O)N2. The number of ether oxygens (including phenoxy) is 3. The maximum atomic E-state index is 12.6. The predicted octanol–water partition coefficient (Wildman–Crippen LogP) is 0.897. The molecule has 23 heavy (non-hydrogen) atoms.